The molecule has 0 N–H and O–H groups in total. The summed E-state index contributed by atoms with van der Waals surface area (Å²) in [6.07, 6.45) is 0. The summed E-state index contributed by atoms with van der Waals surface area (Å²) in [6.45, 7) is 8.85. The average Bonchev–Trinajstić information content (AvgIpc) is 3.23. The molecule has 0 heterocycles. The second kappa shape index (κ2) is 14.1. The fraction of sp³-hybridized carbons (Fsp3) is 0.167. The fourth-order valence-electron chi connectivity index (χ4n) is 2.72. The minimum Gasteiger partial charge on any atom is -1.00 e. The zero-order valence-corrected chi connectivity index (χ0v) is 21.8. The van der Waals surface area contributed by atoms with E-state index in [0.717, 1.165) is 0 Å². The molecule has 146 valence electrons. The first-order chi connectivity index (χ1) is 12.5. The fourth-order valence-corrected chi connectivity index (χ4v) is 2.72. The second-order valence-corrected chi connectivity index (χ2v) is 16.0. The largest absolute Gasteiger partial charge is 1.00 e. The molecule has 0 nitrogen and oxygen atoms in total. The van der Waals surface area contributed by atoms with Crippen LogP contribution in [0, 0.1) is 13.8 Å². The van der Waals surface area contributed by atoms with Crippen LogP contribution in [-0.2, 0) is 23.3 Å². The Morgan fingerprint density at radius 1 is 0.857 bits per heavy atom. The van der Waals surface area contributed by atoms with Gasteiger partial charge in [-0.1, -0.05) is 55.8 Å². The van der Waals surface area contributed by atoms with Crippen LogP contribution in [0.1, 0.15) is 11.1 Å². The van der Waals surface area contributed by atoms with E-state index in [0.29, 0.717) is 0 Å². The Kier molecular flexibility index (Phi) is 13.7. The van der Waals surface area contributed by atoms with E-state index in [4.69, 9.17) is 0 Å². The minimum atomic E-state index is 0. The first-order valence-corrected chi connectivity index (χ1v) is 15.1. The third kappa shape index (κ3) is 9.05. The third-order valence-electron chi connectivity index (χ3n) is 3.81. The monoisotopic (exact) mass is 502 g/mol. The zero-order chi connectivity index (χ0) is 18.9. The molecular formula is C24H26Cl2SiZr-2. The normalized spacial score (nSPS) is 9.07. The van der Waals surface area contributed by atoms with E-state index in [1.165, 1.54) is 33.0 Å². The van der Waals surface area contributed by atoms with Gasteiger partial charge in [0.2, 0.25) is 0 Å². The van der Waals surface area contributed by atoms with E-state index >= 15 is 0 Å². The Morgan fingerprint density at radius 2 is 1.50 bits per heavy atom. The molecule has 28 heavy (non-hydrogen) atoms. The van der Waals surface area contributed by atoms with Crippen molar-refractivity contribution in [1.29, 1.82) is 0 Å². The molecule has 0 spiro atoms. The van der Waals surface area contributed by atoms with Crippen LogP contribution in [0.15, 0.2) is 84.9 Å². The predicted molar refractivity (Wildman–Crippen MR) is 114 cm³/mol. The molecular weight excluding hydrogens is 478 g/mol. The number of hydrogen-bond acceptors (Lipinski definition) is 0. The Hall–Kier alpha value is -0.920. The number of aryl methyl sites for hydroxylation is 2. The van der Waals surface area contributed by atoms with Crippen molar-refractivity contribution >= 4 is 16.2 Å². The van der Waals surface area contributed by atoms with Gasteiger partial charge in [-0.2, -0.15) is 24.3 Å². The van der Waals surface area contributed by atoms with Gasteiger partial charge < -0.3 is 24.8 Å². The molecule has 0 aliphatic rings. The molecule has 0 aliphatic carbocycles. The number of halogens is 2. The first-order valence-electron chi connectivity index (χ1n) is 8.89. The molecule has 0 amide bonds. The number of hydrogen-bond donors (Lipinski definition) is 0. The van der Waals surface area contributed by atoms with Crippen LogP contribution >= 0.6 is 0 Å². The van der Waals surface area contributed by atoms with Crippen LogP contribution in [0.25, 0.3) is 21.9 Å². The maximum Gasteiger partial charge on any atom is -0.0279 e. The van der Waals surface area contributed by atoms with Gasteiger partial charge in [0, 0.05) is 0 Å². The number of rotatable bonds is 1. The van der Waals surface area contributed by atoms with Gasteiger partial charge >= 0.3 is 41.9 Å². The van der Waals surface area contributed by atoms with Crippen molar-refractivity contribution in [2.24, 2.45) is 0 Å². The van der Waals surface area contributed by atoms with Crippen molar-refractivity contribution < 1.29 is 48.1 Å². The average molecular weight is 505 g/mol. The van der Waals surface area contributed by atoms with Crippen LogP contribution in [0.5, 0.6) is 0 Å². The predicted octanol–water partition coefficient (Wildman–Crippen LogP) is 1.04. The molecule has 4 heteroatoms. The molecule has 0 fully saturated rings. The standard InChI is InChI=1S/C16H13.C6H7.C2H6Si.2ClH.Zr/c1-12-10-14-8-5-9-15(16(14)11-12)13-6-3-2-4-7-13;1-6-4-2-3-5-6;1-3-2;;;/h2-11H,1H3;2-5H,1H3;1-2H3;2*1H;/q2*-1;;;;+2/p-2. The van der Waals surface area contributed by atoms with Crippen molar-refractivity contribution in [3.05, 3.63) is 96.1 Å². The summed E-state index contributed by atoms with van der Waals surface area (Å²) >= 11 is 1.74. The maximum atomic E-state index is 2.31. The Labute approximate surface area is 197 Å². The smallest absolute Gasteiger partial charge is 0.0279 e. The van der Waals surface area contributed by atoms with Crippen molar-refractivity contribution in [3.63, 3.8) is 0 Å². The van der Waals surface area contributed by atoms with Gasteiger partial charge in [0.15, 0.2) is 0 Å². The third-order valence-corrected chi connectivity index (χ3v) is 3.81. The van der Waals surface area contributed by atoms with E-state index in [1.54, 1.807) is 23.3 Å². The summed E-state index contributed by atoms with van der Waals surface area (Å²) < 4.78 is 0. The van der Waals surface area contributed by atoms with Gasteiger partial charge in [-0.15, -0.1) is 34.5 Å². The zero-order valence-electron chi connectivity index (χ0n) is 16.8. The molecule has 0 saturated heterocycles. The molecule has 4 aromatic carbocycles. The van der Waals surface area contributed by atoms with Crippen LogP contribution in [0.4, 0.5) is 0 Å². The van der Waals surface area contributed by atoms with Gasteiger partial charge in [-0.25, -0.2) is 11.6 Å². The van der Waals surface area contributed by atoms with Gasteiger partial charge in [0.1, 0.15) is 0 Å². The van der Waals surface area contributed by atoms with Crippen LogP contribution in [0.3, 0.4) is 0 Å². The molecule has 0 saturated carbocycles. The Balaban J connectivity index is 0.000000512. The Morgan fingerprint density at radius 3 is 2.00 bits per heavy atom. The quantitative estimate of drug-likeness (QED) is 0.269. The van der Waals surface area contributed by atoms with Crippen molar-refractivity contribution in [3.8, 4) is 11.1 Å². The summed E-state index contributed by atoms with van der Waals surface area (Å²) in [5, 5.41) is 2.69. The first kappa shape index (κ1) is 27.1. The summed E-state index contributed by atoms with van der Waals surface area (Å²) in [6, 6.07) is 29.8. The summed E-state index contributed by atoms with van der Waals surface area (Å²) in [4.78, 5) is 0. The molecule has 0 unspecified atom stereocenters. The topological polar surface area (TPSA) is 0 Å². The van der Waals surface area contributed by atoms with E-state index in [9.17, 15) is 0 Å². The van der Waals surface area contributed by atoms with E-state index < -0.39 is 0 Å². The molecule has 0 atom stereocenters. The number of benzene rings is 2. The van der Waals surface area contributed by atoms with E-state index in [-0.39, 0.29) is 30.2 Å². The molecule has 4 aromatic rings. The maximum absolute atomic E-state index is 2.31. The van der Waals surface area contributed by atoms with Crippen molar-refractivity contribution in [1.82, 2.24) is 0 Å². The van der Waals surface area contributed by atoms with Crippen LogP contribution < -0.4 is 24.8 Å². The SMILES string of the molecule is C[Si](C)=[Zr+2].Cc1cc2c(-c3ccccc3)cccc2[cH-]1.Cc1cc[cH-]c1.[Cl-].[Cl-]. The minimum absolute atomic E-state index is 0. The van der Waals surface area contributed by atoms with E-state index in [1.807, 2.05) is 12.1 Å². The summed E-state index contributed by atoms with van der Waals surface area (Å²) in [5.41, 5.74) is 5.50. The van der Waals surface area contributed by atoms with Gasteiger partial charge in [0.05, 0.1) is 0 Å². The van der Waals surface area contributed by atoms with Crippen LogP contribution in [0.2, 0.25) is 13.1 Å². The molecule has 0 aliphatic heterocycles. The van der Waals surface area contributed by atoms with Gasteiger partial charge in [-0.3, -0.25) is 0 Å². The molecule has 0 aromatic heterocycles. The van der Waals surface area contributed by atoms with Crippen molar-refractivity contribution in [2.75, 3.05) is 0 Å². The summed E-state index contributed by atoms with van der Waals surface area (Å²) in [5.74, 6) is 0. The van der Waals surface area contributed by atoms with Crippen molar-refractivity contribution in [2.45, 2.75) is 26.9 Å². The van der Waals surface area contributed by atoms with E-state index in [2.05, 4.69) is 99.7 Å². The van der Waals surface area contributed by atoms with Gasteiger partial charge in [0.25, 0.3) is 0 Å². The summed E-state index contributed by atoms with van der Waals surface area (Å²) in [7, 11) is 0. The molecule has 4 rings (SSSR count). The molecule has 0 radical (unpaired) electrons. The Bertz CT molecular complexity index is 937. The van der Waals surface area contributed by atoms with Crippen LogP contribution in [-0.4, -0.2) is 5.43 Å². The molecule has 0 bridgehead atoms. The van der Waals surface area contributed by atoms with Gasteiger partial charge in [-0.05, 0) is 5.56 Å². The second-order valence-electron chi connectivity index (χ2n) is 6.67. The number of fused-ring (bicyclic) bond motifs is 1.